The van der Waals surface area contributed by atoms with E-state index in [9.17, 15) is 8.42 Å². The summed E-state index contributed by atoms with van der Waals surface area (Å²) in [5, 5.41) is 4.28. The first-order valence-corrected chi connectivity index (χ1v) is 8.97. The van der Waals surface area contributed by atoms with Crippen LogP contribution in [0, 0.1) is 0 Å². The van der Waals surface area contributed by atoms with Crippen LogP contribution in [0.4, 0.5) is 6.01 Å². The van der Waals surface area contributed by atoms with E-state index >= 15 is 0 Å². The van der Waals surface area contributed by atoms with Crippen LogP contribution in [-0.4, -0.2) is 18.6 Å². The molecule has 2 aromatic carbocycles. The molecule has 0 saturated heterocycles. The molecule has 0 spiro atoms. The standard InChI is InChI=1S/C16H10ClN3O4S/c17-11-4-5-15-14(9-11)18-16(24-15)20-25(21,22)12-3-1-2-10(8-12)13-6-7-23-19-13/h1-9H,(H,18,20). The predicted molar refractivity (Wildman–Crippen MR) is 91.8 cm³/mol. The fraction of sp³-hybridized carbons (Fsp3) is 0. The molecule has 25 heavy (non-hydrogen) atoms. The summed E-state index contributed by atoms with van der Waals surface area (Å²) in [4.78, 5) is 4.14. The number of rotatable bonds is 4. The number of halogens is 1. The molecule has 4 aromatic rings. The van der Waals surface area contributed by atoms with Gasteiger partial charge in [0.2, 0.25) is 0 Å². The average Bonchev–Trinajstić information content (AvgIpc) is 3.23. The van der Waals surface area contributed by atoms with Crippen molar-refractivity contribution in [1.29, 1.82) is 0 Å². The minimum Gasteiger partial charge on any atom is -0.423 e. The molecule has 0 atom stereocenters. The summed E-state index contributed by atoms with van der Waals surface area (Å²) < 4.78 is 37.7. The smallest absolute Gasteiger partial charge is 0.309 e. The maximum absolute atomic E-state index is 12.6. The second-order valence-electron chi connectivity index (χ2n) is 5.15. The fourth-order valence-electron chi connectivity index (χ4n) is 2.30. The molecular weight excluding hydrogens is 366 g/mol. The molecule has 0 aliphatic carbocycles. The molecule has 0 bridgehead atoms. The zero-order valence-electron chi connectivity index (χ0n) is 12.5. The van der Waals surface area contributed by atoms with Gasteiger partial charge in [0.15, 0.2) is 5.58 Å². The number of hydrogen-bond donors (Lipinski definition) is 1. The first-order valence-electron chi connectivity index (χ1n) is 7.11. The maximum Gasteiger partial charge on any atom is 0.309 e. The lowest BCUT2D eigenvalue weighted by Crippen LogP contribution is -2.13. The molecule has 0 radical (unpaired) electrons. The topological polar surface area (TPSA) is 98.2 Å². The Morgan fingerprint density at radius 2 is 1.96 bits per heavy atom. The van der Waals surface area contributed by atoms with E-state index in [2.05, 4.69) is 14.9 Å². The first-order chi connectivity index (χ1) is 12.0. The van der Waals surface area contributed by atoms with Crippen molar-refractivity contribution in [1.82, 2.24) is 10.1 Å². The number of benzene rings is 2. The van der Waals surface area contributed by atoms with E-state index in [-0.39, 0.29) is 10.9 Å². The Morgan fingerprint density at radius 3 is 2.76 bits per heavy atom. The Labute approximate surface area is 147 Å². The number of aromatic nitrogens is 2. The van der Waals surface area contributed by atoms with Gasteiger partial charge in [-0.3, -0.25) is 0 Å². The van der Waals surface area contributed by atoms with Crippen LogP contribution in [0.15, 0.2) is 68.6 Å². The van der Waals surface area contributed by atoms with Gasteiger partial charge in [0.25, 0.3) is 10.0 Å². The molecule has 0 fully saturated rings. The number of fused-ring (bicyclic) bond motifs is 1. The largest absolute Gasteiger partial charge is 0.423 e. The lowest BCUT2D eigenvalue weighted by Gasteiger charge is -2.05. The number of oxazole rings is 1. The van der Waals surface area contributed by atoms with Crippen molar-refractivity contribution < 1.29 is 17.4 Å². The lowest BCUT2D eigenvalue weighted by molar-refractivity contribution is 0.422. The van der Waals surface area contributed by atoms with Gasteiger partial charge in [0.1, 0.15) is 17.5 Å². The van der Waals surface area contributed by atoms with Crippen molar-refractivity contribution >= 4 is 38.7 Å². The van der Waals surface area contributed by atoms with Crippen LogP contribution in [0.25, 0.3) is 22.4 Å². The monoisotopic (exact) mass is 375 g/mol. The van der Waals surface area contributed by atoms with E-state index in [1.165, 1.54) is 18.4 Å². The van der Waals surface area contributed by atoms with Crippen molar-refractivity contribution in [3.05, 3.63) is 59.8 Å². The highest BCUT2D eigenvalue weighted by atomic mass is 35.5. The highest BCUT2D eigenvalue weighted by molar-refractivity contribution is 7.92. The van der Waals surface area contributed by atoms with Crippen LogP contribution in [-0.2, 0) is 10.0 Å². The highest BCUT2D eigenvalue weighted by Gasteiger charge is 2.19. The summed E-state index contributed by atoms with van der Waals surface area (Å²) in [5.74, 6) is 0. The molecule has 0 aliphatic rings. The minimum atomic E-state index is -3.88. The summed E-state index contributed by atoms with van der Waals surface area (Å²) >= 11 is 5.89. The third kappa shape index (κ3) is 3.09. The van der Waals surface area contributed by atoms with E-state index in [1.54, 1.807) is 36.4 Å². The van der Waals surface area contributed by atoms with Crippen molar-refractivity contribution in [2.45, 2.75) is 4.90 Å². The number of nitrogens with one attached hydrogen (secondary N) is 1. The van der Waals surface area contributed by atoms with E-state index in [4.69, 9.17) is 20.5 Å². The molecule has 4 rings (SSSR count). The van der Waals surface area contributed by atoms with Gasteiger partial charge in [-0.25, -0.2) is 13.1 Å². The van der Waals surface area contributed by atoms with Gasteiger partial charge in [0, 0.05) is 16.7 Å². The van der Waals surface area contributed by atoms with E-state index in [1.807, 2.05) is 0 Å². The third-order valence-electron chi connectivity index (χ3n) is 3.45. The molecule has 1 N–H and O–H groups in total. The van der Waals surface area contributed by atoms with Crippen LogP contribution >= 0.6 is 11.6 Å². The normalized spacial score (nSPS) is 11.7. The van der Waals surface area contributed by atoms with Crippen molar-refractivity contribution in [2.24, 2.45) is 0 Å². The number of anilines is 1. The Kier molecular flexibility index (Phi) is 3.70. The zero-order valence-corrected chi connectivity index (χ0v) is 14.1. The van der Waals surface area contributed by atoms with Crippen molar-refractivity contribution in [3.63, 3.8) is 0 Å². The summed E-state index contributed by atoms with van der Waals surface area (Å²) in [6, 6.07) is 12.6. The summed E-state index contributed by atoms with van der Waals surface area (Å²) in [6.07, 6.45) is 1.41. The van der Waals surface area contributed by atoms with Crippen LogP contribution in [0.2, 0.25) is 5.02 Å². The second kappa shape index (κ2) is 5.91. The predicted octanol–water partition coefficient (Wildman–Crippen LogP) is 3.94. The number of nitrogens with zero attached hydrogens (tertiary/aromatic N) is 2. The van der Waals surface area contributed by atoms with Gasteiger partial charge < -0.3 is 8.94 Å². The Morgan fingerprint density at radius 1 is 1.08 bits per heavy atom. The molecule has 0 amide bonds. The summed E-state index contributed by atoms with van der Waals surface area (Å²) in [6.45, 7) is 0. The van der Waals surface area contributed by atoms with Crippen LogP contribution in [0.5, 0.6) is 0 Å². The molecule has 2 aromatic heterocycles. The number of hydrogen-bond acceptors (Lipinski definition) is 6. The molecule has 0 aliphatic heterocycles. The number of sulfonamides is 1. The second-order valence-corrected chi connectivity index (χ2v) is 7.27. The summed E-state index contributed by atoms with van der Waals surface area (Å²) in [5.41, 5.74) is 2.04. The lowest BCUT2D eigenvalue weighted by atomic mass is 10.2. The van der Waals surface area contributed by atoms with Crippen LogP contribution < -0.4 is 4.72 Å². The Bertz CT molecular complexity index is 1150. The zero-order chi connectivity index (χ0) is 17.4. The van der Waals surface area contributed by atoms with E-state index in [0.29, 0.717) is 27.4 Å². The van der Waals surface area contributed by atoms with Gasteiger partial charge >= 0.3 is 6.01 Å². The van der Waals surface area contributed by atoms with Crippen LogP contribution in [0.1, 0.15) is 0 Å². The molecule has 9 heteroatoms. The van der Waals surface area contributed by atoms with Gasteiger partial charge in [-0.05, 0) is 30.3 Å². The molecular formula is C16H10ClN3O4S. The Balaban J connectivity index is 1.68. The average molecular weight is 376 g/mol. The fourth-order valence-corrected chi connectivity index (χ4v) is 3.44. The van der Waals surface area contributed by atoms with Gasteiger partial charge in [-0.1, -0.05) is 28.9 Å². The van der Waals surface area contributed by atoms with E-state index in [0.717, 1.165) is 0 Å². The van der Waals surface area contributed by atoms with Crippen molar-refractivity contribution in [2.75, 3.05) is 4.72 Å². The van der Waals surface area contributed by atoms with Gasteiger partial charge in [0.05, 0.1) is 4.90 Å². The first kappa shape index (κ1) is 15.7. The van der Waals surface area contributed by atoms with Gasteiger partial charge in [-0.15, -0.1) is 0 Å². The maximum atomic E-state index is 12.6. The minimum absolute atomic E-state index is 0.0493. The molecule has 7 nitrogen and oxygen atoms in total. The highest BCUT2D eigenvalue weighted by Crippen LogP contribution is 2.25. The van der Waals surface area contributed by atoms with Gasteiger partial charge in [-0.2, -0.15) is 4.98 Å². The quantitative estimate of drug-likeness (QED) is 0.580. The Hall–Kier alpha value is -2.84. The molecule has 0 unspecified atom stereocenters. The molecule has 0 saturated carbocycles. The molecule has 126 valence electrons. The summed E-state index contributed by atoms with van der Waals surface area (Å²) in [7, 11) is -3.88. The third-order valence-corrected chi connectivity index (χ3v) is 5.00. The SMILES string of the molecule is O=S(=O)(Nc1nc2cc(Cl)ccc2o1)c1cccc(-c2ccon2)c1. The van der Waals surface area contributed by atoms with Crippen LogP contribution in [0.3, 0.4) is 0 Å². The molecule has 2 heterocycles. The van der Waals surface area contributed by atoms with Crippen molar-refractivity contribution in [3.8, 4) is 11.3 Å². The van der Waals surface area contributed by atoms with E-state index < -0.39 is 10.0 Å².